The first-order valence-electron chi connectivity index (χ1n) is 9.19. The fourth-order valence-electron chi connectivity index (χ4n) is 3.10. The van der Waals surface area contributed by atoms with E-state index in [0.717, 1.165) is 29.2 Å². The number of hydrogen-bond acceptors (Lipinski definition) is 4. The standard InChI is InChI=1S/C20H26N6O/c1-14(2)12-26-16(4)18(15(3)24-26)10-20(27)21-11-19-23-22-13-25(19)17-8-6-5-7-9-17/h5-9,13-14H,10-12H2,1-4H3,(H,21,27). The van der Waals surface area contributed by atoms with E-state index >= 15 is 0 Å². The molecule has 2 aromatic heterocycles. The van der Waals surface area contributed by atoms with Crippen molar-refractivity contribution < 1.29 is 4.79 Å². The zero-order valence-electron chi connectivity index (χ0n) is 16.3. The normalized spacial score (nSPS) is 11.1. The molecule has 0 spiro atoms. The first-order valence-corrected chi connectivity index (χ1v) is 9.19. The average Bonchev–Trinajstić information content (AvgIpc) is 3.21. The van der Waals surface area contributed by atoms with Crippen molar-refractivity contribution in [3.8, 4) is 5.69 Å². The van der Waals surface area contributed by atoms with Crippen molar-refractivity contribution in [3.05, 3.63) is 59.4 Å². The van der Waals surface area contributed by atoms with Gasteiger partial charge in [0.15, 0.2) is 5.82 Å². The Balaban J connectivity index is 1.65. The summed E-state index contributed by atoms with van der Waals surface area (Å²) in [6, 6.07) is 9.82. The SMILES string of the molecule is Cc1nn(CC(C)C)c(C)c1CC(=O)NCc1nncn1-c1ccccc1. The molecule has 3 aromatic rings. The fraction of sp³-hybridized carbons (Fsp3) is 0.400. The van der Waals surface area contributed by atoms with Gasteiger partial charge in [-0.25, -0.2) is 0 Å². The fourth-order valence-corrected chi connectivity index (χ4v) is 3.10. The van der Waals surface area contributed by atoms with Gasteiger partial charge in [0.05, 0.1) is 18.7 Å². The van der Waals surface area contributed by atoms with Gasteiger partial charge < -0.3 is 5.32 Å². The molecule has 0 aliphatic heterocycles. The second-order valence-electron chi connectivity index (χ2n) is 7.13. The summed E-state index contributed by atoms with van der Waals surface area (Å²) in [6.45, 7) is 9.48. The molecule has 0 aliphatic rings. The van der Waals surface area contributed by atoms with Gasteiger partial charge in [-0.15, -0.1) is 10.2 Å². The number of aryl methyl sites for hydroxylation is 1. The van der Waals surface area contributed by atoms with Crippen molar-refractivity contribution >= 4 is 5.91 Å². The second kappa shape index (κ2) is 8.16. The Kier molecular flexibility index (Phi) is 5.69. The summed E-state index contributed by atoms with van der Waals surface area (Å²) in [6.07, 6.45) is 1.97. The zero-order chi connectivity index (χ0) is 19.4. The summed E-state index contributed by atoms with van der Waals surface area (Å²) in [5.41, 5.74) is 3.94. The van der Waals surface area contributed by atoms with E-state index in [2.05, 4.69) is 34.5 Å². The van der Waals surface area contributed by atoms with Crippen LogP contribution in [0.4, 0.5) is 0 Å². The summed E-state index contributed by atoms with van der Waals surface area (Å²) < 4.78 is 3.87. The van der Waals surface area contributed by atoms with E-state index in [1.165, 1.54) is 0 Å². The molecule has 142 valence electrons. The lowest BCUT2D eigenvalue weighted by molar-refractivity contribution is -0.120. The molecule has 0 unspecified atom stereocenters. The third kappa shape index (κ3) is 4.42. The Hall–Kier alpha value is -2.96. The molecular weight excluding hydrogens is 340 g/mol. The summed E-state index contributed by atoms with van der Waals surface area (Å²) in [7, 11) is 0. The van der Waals surface area contributed by atoms with Crippen molar-refractivity contribution in [2.45, 2.75) is 47.2 Å². The van der Waals surface area contributed by atoms with Crippen molar-refractivity contribution in [2.75, 3.05) is 0 Å². The molecule has 1 amide bonds. The summed E-state index contributed by atoms with van der Waals surface area (Å²) >= 11 is 0. The Morgan fingerprint density at radius 1 is 1.19 bits per heavy atom. The Labute approximate surface area is 159 Å². The predicted molar refractivity (Wildman–Crippen MR) is 103 cm³/mol. The summed E-state index contributed by atoms with van der Waals surface area (Å²) in [4.78, 5) is 12.5. The van der Waals surface area contributed by atoms with Crippen LogP contribution >= 0.6 is 0 Å². The highest BCUT2D eigenvalue weighted by atomic mass is 16.1. The number of para-hydroxylation sites is 1. The lowest BCUT2D eigenvalue weighted by Gasteiger charge is -2.09. The van der Waals surface area contributed by atoms with Crippen LogP contribution < -0.4 is 5.32 Å². The molecule has 1 aromatic carbocycles. The molecule has 0 saturated heterocycles. The molecule has 27 heavy (non-hydrogen) atoms. The number of hydrogen-bond donors (Lipinski definition) is 1. The van der Waals surface area contributed by atoms with Gasteiger partial charge in [-0.2, -0.15) is 5.10 Å². The van der Waals surface area contributed by atoms with Crippen LogP contribution in [0.1, 0.15) is 36.6 Å². The van der Waals surface area contributed by atoms with Crippen LogP contribution in [0.5, 0.6) is 0 Å². The van der Waals surface area contributed by atoms with Gasteiger partial charge >= 0.3 is 0 Å². The van der Waals surface area contributed by atoms with Crippen LogP contribution in [-0.4, -0.2) is 30.5 Å². The van der Waals surface area contributed by atoms with E-state index in [9.17, 15) is 4.79 Å². The Morgan fingerprint density at radius 2 is 1.93 bits per heavy atom. The largest absolute Gasteiger partial charge is 0.348 e. The van der Waals surface area contributed by atoms with E-state index in [4.69, 9.17) is 0 Å². The molecule has 1 N–H and O–H groups in total. The number of carbonyl (C=O) groups excluding carboxylic acids is 1. The molecular formula is C20H26N6O. The van der Waals surface area contributed by atoms with Crippen molar-refractivity contribution in [3.63, 3.8) is 0 Å². The number of benzene rings is 1. The minimum Gasteiger partial charge on any atom is -0.348 e. The highest BCUT2D eigenvalue weighted by Crippen LogP contribution is 2.15. The van der Waals surface area contributed by atoms with Gasteiger partial charge in [0.25, 0.3) is 0 Å². The molecule has 0 bridgehead atoms. The number of amides is 1. The maximum absolute atomic E-state index is 12.5. The first-order chi connectivity index (χ1) is 13.0. The number of aromatic nitrogens is 5. The lowest BCUT2D eigenvalue weighted by atomic mass is 10.1. The van der Waals surface area contributed by atoms with Crippen LogP contribution in [0.25, 0.3) is 5.69 Å². The molecule has 0 atom stereocenters. The predicted octanol–water partition coefficient (Wildman–Crippen LogP) is 2.60. The quantitative estimate of drug-likeness (QED) is 0.697. The number of rotatable bonds is 7. The van der Waals surface area contributed by atoms with E-state index < -0.39 is 0 Å². The highest BCUT2D eigenvalue weighted by molar-refractivity contribution is 5.79. The van der Waals surface area contributed by atoms with Crippen LogP contribution in [0.2, 0.25) is 0 Å². The van der Waals surface area contributed by atoms with Gasteiger partial charge in [-0.3, -0.25) is 14.0 Å². The summed E-state index contributed by atoms with van der Waals surface area (Å²) in [5.74, 6) is 1.15. The second-order valence-corrected chi connectivity index (χ2v) is 7.13. The molecule has 7 nitrogen and oxygen atoms in total. The molecule has 0 aliphatic carbocycles. The summed E-state index contributed by atoms with van der Waals surface area (Å²) in [5, 5.41) is 15.6. The molecule has 7 heteroatoms. The molecule has 2 heterocycles. The molecule has 0 fully saturated rings. The number of nitrogens with one attached hydrogen (secondary N) is 1. The first kappa shape index (κ1) is 18.8. The van der Waals surface area contributed by atoms with Gasteiger partial charge in [-0.05, 0) is 31.9 Å². The smallest absolute Gasteiger partial charge is 0.224 e. The Morgan fingerprint density at radius 3 is 2.63 bits per heavy atom. The van der Waals surface area contributed by atoms with E-state index in [0.29, 0.717) is 24.7 Å². The molecule has 3 rings (SSSR count). The molecule has 0 radical (unpaired) electrons. The lowest BCUT2D eigenvalue weighted by Crippen LogP contribution is -2.26. The van der Waals surface area contributed by atoms with E-state index in [1.807, 2.05) is 53.4 Å². The van der Waals surface area contributed by atoms with Crippen molar-refractivity contribution in [1.29, 1.82) is 0 Å². The van der Waals surface area contributed by atoms with Crippen LogP contribution in [0.3, 0.4) is 0 Å². The minimum atomic E-state index is -0.0482. The van der Waals surface area contributed by atoms with Crippen molar-refractivity contribution in [1.82, 2.24) is 29.9 Å². The van der Waals surface area contributed by atoms with Gasteiger partial charge in [0.1, 0.15) is 6.33 Å². The highest BCUT2D eigenvalue weighted by Gasteiger charge is 2.16. The van der Waals surface area contributed by atoms with Crippen LogP contribution in [-0.2, 0) is 24.3 Å². The number of carbonyl (C=O) groups is 1. The Bertz CT molecular complexity index is 910. The van der Waals surface area contributed by atoms with E-state index in [-0.39, 0.29) is 5.91 Å². The topological polar surface area (TPSA) is 77.6 Å². The monoisotopic (exact) mass is 366 g/mol. The average molecular weight is 366 g/mol. The maximum Gasteiger partial charge on any atom is 0.224 e. The number of nitrogens with zero attached hydrogens (tertiary/aromatic N) is 5. The van der Waals surface area contributed by atoms with Gasteiger partial charge in [-0.1, -0.05) is 32.0 Å². The van der Waals surface area contributed by atoms with Crippen molar-refractivity contribution in [2.24, 2.45) is 5.92 Å². The van der Waals surface area contributed by atoms with Crippen LogP contribution in [0.15, 0.2) is 36.7 Å². The third-order valence-corrected chi connectivity index (χ3v) is 4.50. The maximum atomic E-state index is 12.5. The third-order valence-electron chi connectivity index (χ3n) is 4.50. The molecule has 0 saturated carbocycles. The van der Waals surface area contributed by atoms with Crippen LogP contribution in [0, 0.1) is 19.8 Å². The zero-order valence-corrected chi connectivity index (χ0v) is 16.3. The van der Waals surface area contributed by atoms with Gasteiger partial charge in [0, 0.05) is 23.5 Å². The van der Waals surface area contributed by atoms with E-state index in [1.54, 1.807) is 6.33 Å². The minimum absolute atomic E-state index is 0.0482. The van der Waals surface area contributed by atoms with Gasteiger partial charge in [0.2, 0.25) is 5.91 Å².